The number of imidazole rings is 1. The molecule has 7 rings (SSSR count). The molecule has 48 heavy (non-hydrogen) atoms. The average Bonchev–Trinajstić information content (AvgIpc) is 3.63. The van der Waals surface area contributed by atoms with E-state index in [-0.39, 0.29) is 0 Å². The Kier molecular flexibility index (Phi) is 9.27. The minimum Gasteiger partial charge on any atom is -0.496 e. The molecule has 0 saturated carbocycles. The van der Waals surface area contributed by atoms with Gasteiger partial charge >= 0.3 is 0 Å². The van der Waals surface area contributed by atoms with E-state index in [1.54, 1.807) is 13.3 Å². The second-order valence-electron chi connectivity index (χ2n) is 13.4. The number of ether oxygens (including phenoxy) is 3. The number of aromatic nitrogens is 5. The molecule has 0 radical (unpaired) electrons. The van der Waals surface area contributed by atoms with Gasteiger partial charge in [-0.1, -0.05) is 50.0 Å². The molecule has 1 saturated heterocycles. The Bertz CT molecular complexity index is 2010. The van der Waals surface area contributed by atoms with Crippen LogP contribution in [-0.4, -0.2) is 77.3 Å². The first-order chi connectivity index (χ1) is 23.4. The third-order valence-corrected chi connectivity index (χ3v) is 10.4. The predicted octanol–water partition coefficient (Wildman–Crippen LogP) is 7.33. The van der Waals surface area contributed by atoms with Crippen LogP contribution in [0, 0.1) is 0 Å². The van der Waals surface area contributed by atoms with Crippen molar-refractivity contribution in [2.45, 2.75) is 39.0 Å². The molecule has 0 aliphatic carbocycles. The quantitative estimate of drug-likeness (QED) is 0.108. The zero-order valence-corrected chi connectivity index (χ0v) is 29.1. The Balaban J connectivity index is 1.30. The van der Waals surface area contributed by atoms with E-state index in [2.05, 4.69) is 87.9 Å². The van der Waals surface area contributed by atoms with Gasteiger partial charge in [0.1, 0.15) is 12.5 Å². The lowest BCUT2D eigenvalue weighted by molar-refractivity contribution is 0.0342. The third kappa shape index (κ3) is 7.00. The normalized spacial score (nSPS) is 14.2. The molecule has 4 heterocycles. The Morgan fingerprint density at radius 1 is 0.938 bits per heavy atom. The smallest absolute Gasteiger partial charge is 0.214 e. The minimum atomic E-state index is -1.22. The number of pyridine rings is 1. The molecular weight excluding hydrogens is 619 g/mol. The number of hydrogen-bond acceptors (Lipinski definition) is 8. The summed E-state index contributed by atoms with van der Waals surface area (Å²) in [5.41, 5.74) is 7.05. The second kappa shape index (κ2) is 13.9. The lowest BCUT2D eigenvalue weighted by Gasteiger charge is -2.26. The Morgan fingerprint density at radius 3 is 2.54 bits per heavy atom. The first-order valence-corrected chi connectivity index (χ1v) is 20.3. The third-order valence-electron chi connectivity index (χ3n) is 8.75. The van der Waals surface area contributed by atoms with Gasteiger partial charge in [-0.2, -0.15) is 5.10 Å². The van der Waals surface area contributed by atoms with E-state index in [1.807, 2.05) is 35.1 Å². The number of anilines is 2. The fourth-order valence-electron chi connectivity index (χ4n) is 6.11. The Labute approximate surface area is 282 Å². The molecule has 0 unspecified atom stereocenters. The van der Waals surface area contributed by atoms with Crippen molar-refractivity contribution in [1.29, 1.82) is 0 Å². The molecule has 6 aromatic rings. The van der Waals surface area contributed by atoms with Crippen LogP contribution in [0.15, 0.2) is 85.2 Å². The van der Waals surface area contributed by atoms with Crippen molar-refractivity contribution < 1.29 is 14.2 Å². The van der Waals surface area contributed by atoms with Gasteiger partial charge in [0.25, 0.3) is 0 Å². The molecule has 11 heteroatoms. The Hall–Kier alpha value is -4.55. The summed E-state index contributed by atoms with van der Waals surface area (Å²) in [6.07, 6.45) is 3.57. The van der Waals surface area contributed by atoms with Crippen molar-refractivity contribution >= 4 is 41.8 Å². The molecule has 3 aromatic carbocycles. The molecule has 0 atom stereocenters. The fourth-order valence-corrected chi connectivity index (χ4v) is 6.87. The summed E-state index contributed by atoms with van der Waals surface area (Å²) in [6.45, 7) is 12.5. The van der Waals surface area contributed by atoms with E-state index in [0.29, 0.717) is 25.1 Å². The summed E-state index contributed by atoms with van der Waals surface area (Å²) in [4.78, 5) is 12.0. The first-order valence-electron chi connectivity index (χ1n) is 16.6. The molecule has 3 aromatic heterocycles. The predicted molar refractivity (Wildman–Crippen MR) is 194 cm³/mol. The number of hydrogen-bond donors (Lipinski definition) is 1. The molecule has 0 bridgehead atoms. The van der Waals surface area contributed by atoms with Gasteiger partial charge in [0.15, 0.2) is 5.82 Å². The van der Waals surface area contributed by atoms with Crippen LogP contribution in [0.5, 0.6) is 5.75 Å². The van der Waals surface area contributed by atoms with Crippen molar-refractivity contribution in [3.05, 3.63) is 90.8 Å². The minimum absolute atomic E-state index is 0.359. The van der Waals surface area contributed by atoms with Crippen LogP contribution in [-0.2, 0) is 22.7 Å². The molecule has 1 aliphatic heterocycles. The maximum Gasteiger partial charge on any atom is 0.214 e. The molecule has 0 spiro atoms. The number of nitrogens with one attached hydrogen (secondary N) is 1. The highest BCUT2D eigenvalue weighted by Gasteiger charge is 2.20. The van der Waals surface area contributed by atoms with Gasteiger partial charge in [0.05, 0.1) is 36.9 Å². The maximum absolute atomic E-state index is 6.18. The highest BCUT2D eigenvalue weighted by Crippen LogP contribution is 2.35. The molecule has 10 nitrogen and oxygen atoms in total. The first kappa shape index (κ1) is 32.0. The molecule has 1 fully saturated rings. The highest BCUT2D eigenvalue weighted by molar-refractivity contribution is 6.76. The van der Waals surface area contributed by atoms with Crippen LogP contribution >= 0.6 is 0 Å². The molecule has 1 N–H and O–H groups in total. The second-order valence-corrected chi connectivity index (χ2v) is 19.1. The lowest BCUT2D eigenvalue weighted by atomic mass is 10.0. The van der Waals surface area contributed by atoms with Gasteiger partial charge in [-0.3, -0.25) is 14.5 Å². The van der Waals surface area contributed by atoms with E-state index in [4.69, 9.17) is 24.3 Å². The van der Waals surface area contributed by atoms with Gasteiger partial charge in [0, 0.05) is 63.3 Å². The summed E-state index contributed by atoms with van der Waals surface area (Å²) < 4.78 is 21.5. The van der Waals surface area contributed by atoms with Crippen molar-refractivity contribution in [2.24, 2.45) is 0 Å². The SMILES string of the molecule is COc1ccncc1-c1ccc2c(c1)c(Nc1nc3cc(CN4CCOCC4)ccc3n1-c1ccccc1)nn2COCC[Si](C)(C)C. The zero-order chi connectivity index (χ0) is 33.1. The highest BCUT2D eigenvalue weighted by atomic mass is 28.3. The summed E-state index contributed by atoms with van der Waals surface area (Å²) in [7, 11) is 0.456. The van der Waals surface area contributed by atoms with Crippen LogP contribution in [0.1, 0.15) is 5.56 Å². The van der Waals surface area contributed by atoms with Crippen molar-refractivity contribution in [3.63, 3.8) is 0 Å². The van der Waals surface area contributed by atoms with E-state index in [9.17, 15) is 0 Å². The van der Waals surface area contributed by atoms with Gasteiger partial charge in [-0.25, -0.2) is 9.67 Å². The van der Waals surface area contributed by atoms with Crippen LogP contribution in [0.2, 0.25) is 25.7 Å². The van der Waals surface area contributed by atoms with Gasteiger partial charge < -0.3 is 19.5 Å². The number of methoxy groups -OCH3 is 1. The monoisotopic (exact) mass is 661 g/mol. The number of rotatable bonds is 12. The summed E-state index contributed by atoms with van der Waals surface area (Å²) in [5.74, 6) is 2.15. The van der Waals surface area contributed by atoms with E-state index in [1.165, 1.54) is 5.56 Å². The average molecular weight is 662 g/mol. The van der Waals surface area contributed by atoms with Crippen molar-refractivity contribution in [2.75, 3.05) is 45.3 Å². The van der Waals surface area contributed by atoms with Gasteiger partial charge in [-0.15, -0.1) is 0 Å². The largest absolute Gasteiger partial charge is 0.496 e. The van der Waals surface area contributed by atoms with E-state index >= 15 is 0 Å². The van der Waals surface area contributed by atoms with Crippen LogP contribution < -0.4 is 10.1 Å². The fraction of sp³-hybridized carbons (Fsp3) is 0.324. The number of para-hydroxylation sites is 1. The molecular formula is C37H43N7O3Si. The standard InChI is InChI=1S/C37H43N7O3Si/c1-45-35-14-15-38-24-31(35)28-11-13-33-30(23-28)36(41-43(33)26-47-20-21-48(2,3)4)40-37-39-32-22-27(25-42-16-18-46-19-17-42)10-12-34(32)44(37)29-8-6-5-7-9-29/h5-15,22-24H,16-21,25-26H2,1-4H3,(H,39,40,41). The summed E-state index contributed by atoms with van der Waals surface area (Å²) in [6, 6.07) is 26.2. The summed E-state index contributed by atoms with van der Waals surface area (Å²) in [5, 5.41) is 9.66. The van der Waals surface area contributed by atoms with Crippen molar-refractivity contribution in [1.82, 2.24) is 29.2 Å². The summed E-state index contributed by atoms with van der Waals surface area (Å²) >= 11 is 0. The zero-order valence-electron chi connectivity index (χ0n) is 28.1. The van der Waals surface area contributed by atoms with Gasteiger partial charge in [0.2, 0.25) is 5.95 Å². The van der Waals surface area contributed by atoms with Gasteiger partial charge in [-0.05, 0) is 59.6 Å². The molecule has 1 aliphatic rings. The van der Waals surface area contributed by atoms with Crippen LogP contribution in [0.4, 0.5) is 11.8 Å². The van der Waals surface area contributed by atoms with Crippen LogP contribution in [0.25, 0.3) is 38.8 Å². The molecule has 248 valence electrons. The van der Waals surface area contributed by atoms with Crippen molar-refractivity contribution in [3.8, 4) is 22.6 Å². The molecule has 0 amide bonds. The topological polar surface area (TPSA) is 91.5 Å². The van der Waals surface area contributed by atoms with E-state index in [0.717, 1.165) is 83.4 Å². The lowest BCUT2D eigenvalue weighted by Crippen LogP contribution is -2.35. The maximum atomic E-state index is 6.18. The number of nitrogens with zero attached hydrogens (tertiary/aromatic N) is 6. The number of benzene rings is 3. The van der Waals surface area contributed by atoms with E-state index < -0.39 is 8.07 Å². The number of fused-ring (bicyclic) bond motifs is 2. The number of morpholine rings is 1. The van der Waals surface area contributed by atoms with Crippen LogP contribution in [0.3, 0.4) is 0 Å². The Morgan fingerprint density at radius 2 is 1.75 bits per heavy atom.